The lowest BCUT2D eigenvalue weighted by molar-refractivity contribution is -0.0146. The van der Waals surface area contributed by atoms with Crippen LogP contribution in [0.3, 0.4) is 0 Å². The molecule has 2 bridgehead atoms. The average molecular weight is 564 g/mol. The van der Waals surface area contributed by atoms with Crippen LogP contribution in [0.4, 0.5) is 9.59 Å². The van der Waals surface area contributed by atoms with Gasteiger partial charge >= 0.3 is 12.2 Å². The van der Waals surface area contributed by atoms with E-state index in [1.54, 1.807) is 0 Å². The average Bonchev–Trinajstić information content (AvgIpc) is 3.00. The van der Waals surface area contributed by atoms with Gasteiger partial charge in [-0.1, -0.05) is 82.3 Å². The first kappa shape index (κ1) is 29.3. The summed E-state index contributed by atoms with van der Waals surface area (Å²) in [6.07, 6.45) is 9.78. The SMILES string of the molecule is CCCCC(CC)COC(=O)OCOc1ccc2c(c1)[C@]13CCCC[C@@H]1[C@@H](C2)N(C(=O)OCc1ccccc1)CC3. The molecule has 0 radical (unpaired) electrons. The van der Waals surface area contributed by atoms with E-state index in [2.05, 4.69) is 26.0 Å². The molecule has 1 unspecified atom stereocenters. The molecule has 7 nitrogen and oxygen atoms in total. The van der Waals surface area contributed by atoms with Gasteiger partial charge in [-0.25, -0.2) is 9.59 Å². The van der Waals surface area contributed by atoms with Gasteiger partial charge < -0.3 is 23.8 Å². The molecule has 7 heteroatoms. The second-order valence-corrected chi connectivity index (χ2v) is 12.0. The van der Waals surface area contributed by atoms with Crippen molar-refractivity contribution in [2.24, 2.45) is 11.8 Å². The largest absolute Gasteiger partial charge is 0.511 e. The van der Waals surface area contributed by atoms with Crippen LogP contribution in [0.1, 0.15) is 88.3 Å². The van der Waals surface area contributed by atoms with E-state index >= 15 is 0 Å². The van der Waals surface area contributed by atoms with Crippen molar-refractivity contribution in [2.45, 2.75) is 96.1 Å². The monoisotopic (exact) mass is 563 g/mol. The second-order valence-electron chi connectivity index (χ2n) is 12.0. The van der Waals surface area contributed by atoms with Gasteiger partial charge in [0.25, 0.3) is 0 Å². The van der Waals surface area contributed by atoms with Gasteiger partial charge in [-0.15, -0.1) is 0 Å². The number of carbonyl (C=O) groups is 2. The first-order valence-corrected chi connectivity index (χ1v) is 15.6. The number of hydrogen-bond acceptors (Lipinski definition) is 6. The molecule has 4 atom stereocenters. The van der Waals surface area contributed by atoms with E-state index in [0.717, 1.165) is 56.9 Å². The Morgan fingerprint density at radius 3 is 2.68 bits per heavy atom. The summed E-state index contributed by atoms with van der Waals surface area (Å²) in [5.41, 5.74) is 3.66. The summed E-state index contributed by atoms with van der Waals surface area (Å²) in [7, 11) is 0. The molecule has 0 N–H and O–H groups in total. The number of carbonyl (C=O) groups excluding carboxylic acids is 2. The Morgan fingerprint density at radius 2 is 1.88 bits per heavy atom. The Morgan fingerprint density at radius 1 is 1.02 bits per heavy atom. The number of amides is 1. The van der Waals surface area contributed by atoms with Crippen LogP contribution < -0.4 is 4.74 Å². The number of unbranched alkanes of at least 4 members (excludes halogenated alkanes) is 1. The van der Waals surface area contributed by atoms with E-state index in [4.69, 9.17) is 18.9 Å². The van der Waals surface area contributed by atoms with Gasteiger partial charge in [0.05, 0.1) is 6.61 Å². The zero-order valence-corrected chi connectivity index (χ0v) is 24.6. The molecule has 0 aromatic heterocycles. The Bertz CT molecular complexity index is 1170. The number of benzene rings is 2. The Labute approximate surface area is 244 Å². The highest BCUT2D eigenvalue weighted by Gasteiger charge is 2.55. The molecule has 5 rings (SSSR count). The third-order valence-electron chi connectivity index (χ3n) is 9.63. The fourth-order valence-corrected chi connectivity index (χ4v) is 7.37. The normalized spacial score (nSPS) is 23.5. The molecule has 1 heterocycles. The molecular formula is C34H45NO6. The van der Waals surface area contributed by atoms with Crippen LogP contribution in [0.5, 0.6) is 5.75 Å². The fraction of sp³-hybridized carbons (Fsp3) is 0.588. The zero-order chi connectivity index (χ0) is 28.7. The number of hydrogen-bond donors (Lipinski definition) is 0. The Kier molecular flexibility index (Phi) is 9.73. The summed E-state index contributed by atoms with van der Waals surface area (Å²) in [5.74, 6) is 1.47. The van der Waals surface area contributed by atoms with Gasteiger partial charge in [-0.05, 0) is 72.8 Å². The first-order chi connectivity index (χ1) is 20.0. The molecule has 0 spiro atoms. The quantitative estimate of drug-likeness (QED) is 0.205. The number of likely N-dealkylation sites (tertiary alicyclic amines) is 1. The van der Waals surface area contributed by atoms with Gasteiger partial charge in [0.2, 0.25) is 6.79 Å². The van der Waals surface area contributed by atoms with Gasteiger partial charge in [0.1, 0.15) is 12.4 Å². The first-order valence-electron chi connectivity index (χ1n) is 15.6. The minimum atomic E-state index is -0.682. The van der Waals surface area contributed by atoms with Crippen LogP contribution in [0, 0.1) is 11.8 Å². The lowest BCUT2D eigenvalue weighted by Gasteiger charge is -2.58. The molecule has 2 fully saturated rings. The minimum Gasteiger partial charge on any atom is -0.457 e. The van der Waals surface area contributed by atoms with Gasteiger partial charge in [-0.2, -0.15) is 0 Å². The van der Waals surface area contributed by atoms with E-state index < -0.39 is 6.16 Å². The van der Waals surface area contributed by atoms with Crippen molar-refractivity contribution < 1.29 is 28.5 Å². The van der Waals surface area contributed by atoms with Crippen molar-refractivity contribution >= 4 is 12.2 Å². The second kappa shape index (κ2) is 13.6. The molecule has 1 aliphatic heterocycles. The standard InChI is InChI=1S/C34H45NO6/c1-3-5-11-25(4-2)22-39-33(37)41-24-40-28-16-15-27-20-31-29-14-9-10-17-34(29,30(27)21-28)18-19-35(31)32(36)38-23-26-12-7-6-8-13-26/h6-8,12-13,15-16,21,25,29,31H,3-5,9-11,14,17-20,22-24H2,1-2H3/t25?,29-,31-,34+/m1/s1. The maximum atomic E-state index is 13.3. The summed E-state index contributed by atoms with van der Waals surface area (Å²) in [4.78, 5) is 27.4. The van der Waals surface area contributed by atoms with Gasteiger partial charge in [-0.3, -0.25) is 0 Å². The van der Waals surface area contributed by atoms with Crippen molar-refractivity contribution in [1.29, 1.82) is 0 Å². The van der Waals surface area contributed by atoms with Gasteiger partial charge in [0.15, 0.2) is 0 Å². The van der Waals surface area contributed by atoms with Crippen LogP contribution in [-0.4, -0.2) is 43.1 Å². The molecule has 41 heavy (non-hydrogen) atoms. The van der Waals surface area contributed by atoms with Crippen molar-refractivity contribution in [1.82, 2.24) is 4.90 Å². The molecule has 1 saturated carbocycles. The third kappa shape index (κ3) is 6.65. The molecular weight excluding hydrogens is 518 g/mol. The number of rotatable bonds is 11. The Hall–Kier alpha value is -3.22. The predicted octanol–water partition coefficient (Wildman–Crippen LogP) is 7.79. The number of nitrogens with zero attached hydrogens (tertiary/aromatic N) is 1. The minimum absolute atomic E-state index is 0.0412. The van der Waals surface area contributed by atoms with Crippen molar-refractivity contribution in [2.75, 3.05) is 19.9 Å². The third-order valence-corrected chi connectivity index (χ3v) is 9.63. The summed E-state index contributed by atoms with van der Waals surface area (Å²) in [6.45, 7) is 5.49. The topological polar surface area (TPSA) is 74.3 Å². The number of piperidine rings is 1. The molecule has 1 saturated heterocycles. The predicted molar refractivity (Wildman–Crippen MR) is 157 cm³/mol. The highest BCUT2D eigenvalue weighted by Crippen LogP contribution is 2.56. The van der Waals surface area contributed by atoms with Crippen LogP contribution in [0.15, 0.2) is 48.5 Å². The summed E-state index contributed by atoms with van der Waals surface area (Å²) < 4.78 is 22.2. The van der Waals surface area contributed by atoms with E-state index in [1.165, 1.54) is 24.0 Å². The maximum absolute atomic E-state index is 13.3. The van der Waals surface area contributed by atoms with Crippen LogP contribution in [-0.2, 0) is 32.7 Å². The lowest BCUT2D eigenvalue weighted by Crippen LogP contribution is -2.62. The van der Waals surface area contributed by atoms with Crippen LogP contribution in [0.2, 0.25) is 0 Å². The molecule has 2 aromatic rings. The van der Waals surface area contributed by atoms with Crippen molar-refractivity contribution in [3.05, 3.63) is 65.2 Å². The summed E-state index contributed by atoms with van der Waals surface area (Å²) in [5, 5.41) is 0. The highest BCUT2D eigenvalue weighted by atomic mass is 16.8. The Balaban J connectivity index is 1.21. The molecule has 2 aliphatic carbocycles. The van der Waals surface area contributed by atoms with Crippen LogP contribution in [0.25, 0.3) is 0 Å². The van der Waals surface area contributed by atoms with Crippen molar-refractivity contribution in [3.8, 4) is 5.75 Å². The number of ether oxygens (including phenoxy) is 4. The molecule has 3 aliphatic rings. The number of fused-ring (bicyclic) bond motifs is 1. The highest BCUT2D eigenvalue weighted by molar-refractivity contribution is 5.69. The zero-order valence-electron chi connectivity index (χ0n) is 24.6. The van der Waals surface area contributed by atoms with E-state index in [9.17, 15) is 9.59 Å². The van der Waals surface area contributed by atoms with E-state index in [-0.39, 0.29) is 24.3 Å². The van der Waals surface area contributed by atoms with Crippen molar-refractivity contribution in [3.63, 3.8) is 0 Å². The molecule has 222 valence electrons. The summed E-state index contributed by atoms with van der Waals surface area (Å²) >= 11 is 0. The molecule has 1 amide bonds. The van der Waals surface area contributed by atoms with E-state index in [0.29, 0.717) is 37.3 Å². The lowest BCUT2D eigenvalue weighted by atomic mass is 9.52. The molecule has 2 aromatic carbocycles. The maximum Gasteiger partial charge on any atom is 0.511 e. The van der Waals surface area contributed by atoms with Gasteiger partial charge in [0, 0.05) is 18.0 Å². The van der Waals surface area contributed by atoms with E-state index in [1.807, 2.05) is 41.3 Å². The van der Waals surface area contributed by atoms with Crippen LogP contribution >= 0.6 is 0 Å². The fourth-order valence-electron chi connectivity index (χ4n) is 7.37. The summed E-state index contributed by atoms with van der Waals surface area (Å²) in [6, 6.07) is 16.2. The smallest absolute Gasteiger partial charge is 0.457 e.